The van der Waals surface area contributed by atoms with Crippen LogP contribution < -0.4 is 5.32 Å². The number of benzene rings is 2. The first kappa shape index (κ1) is 15.8. The molecule has 0 bridgehead atoms. The van der Waals surface area contributed by atoms with Crippen LogP contribution in [0.25, 0.3) is 22.2 Å². The minimum absolute atomic E-state index is 0.214. The molecule has 1 aliphatic heterocycles. The van der Waals surface area contributed by atoms with Crippen LogP contribution in [0.15, 0.2) is 42.5 Å². The third-order valence-corrected chi connectivity index (χ3v) is 4.57. The molecule has 128 valence electrons. The Morgan fingerprint density at radius 1 is 1.16 bits per heavy atom. The van der Waals surface area contributed by atoms with Crippen molar-refractivity contribution in [1.82, 2.24) is 14.8 Å². The second kappa shape index (κ2) is 6.01. The van der Waals surface area contributed by atoms with Gasteiger partial charge in [-0.3, -0.25) is 4.79 Å². The van der Waals surface area contributed by atoms with Gasteiger partial charge in [0.05, 0.1) is 11.1 Å². The fourth-order valence-electron chi connectivity index (χ4n) is 3.54. The van der Waals surface area contributed by atoms with E-state index in [1.54, 1.807) is 0 Å². The van der Waals surface area contributed by atoms with Crippen LogP contribution in [0.3, 0.4) is 0 Å². The third-order valence-electron chi connectivity index (χ3n) is 4.57. The maximum Gasteiger partial charge on any atom is 0.253 e. The Morgan fingerprint density at radius 3 is 2.64 bits per heavy atom. The number of halogens is 1. The first-order valence-corrected chi connectivity index (χ1v) is 8.38. The second-order valence-electron chi connectivity index (χ2n) is 6.76. The Hall–Kier alpha value is -2.66. The summed E-state index contributed by atoms with van der Waals surface area (Å²) in [5.41, 5.74) is 4.53. The summed E-state index contributed by atoms with van der Waals surface area (Å²) in [5.74, 6) is -0.598. The van der Waals surface area contributed by atoms with Crippen LogP contribution in [0.2, 0.25) is 0 Å². The van der Waals surface area contributed by atoms with E-state index in [0.717, 1.165) is 28.7 Å². The van der Waals surface area contributed by atoms with Crippen molar-refractivity contribution < 1.29 is 9.18 Å². The lowest BCUT2D eigenvalue weighted by Crippen LogP contribution is -2.24. The van der Waals surface area contributed by atoms with Crippen LogP contribution in [0.5, 0.6) is 0 Å². The molecule has 2 aromatic carbocycles. The molecule has 3 aromatic rings. The Labute approximate surface area is 145 Å². The van der Waals surface area contributed by atoms with Gasteiger partial charge in [0.2, 0.25) is 0 Å². The molecular formula is C20H20FN3O. The monoisotopic (exact) mass is 337 g/mol. The molecule has 2 heterocycles. The predicted molar refractivity (Wildman–Crippen MR) is 97.1 cm³/mol. The fraction of sp³-hybridized carbons (Fsp3) is 0.250. The smallest absolute Gasteiger partial charge is 0.253 e. The Kier molecular flexibility index (Phi) is 3.81. The number of amides is 1. The second-order valence-corrected chi connectivity index (χ2v) is 6.76. The molecule has 0 fully saturated rings. The summed E-state index contributed by atoms with van der Waals surface area (Å²) < 4.78 is 16.1. The summed E-state index contributed by atoms with van der Waals surface area (Å²) in [6.07, 6.45) is 0. The first-order chi connectivity index (χ1) is 12.0. The normalized spacial score (nSPS) is 14.0. The van der Waals surface area contributed by atoms with E-state index in [4.69, 9.17) is 0 Å². The molecule has 0 atom stereocenters. The van der Waals surface area contributed by atoms with Gasteiger partial charge in [-0.15, -0.1) is 0 Å². The van der Waals surface area contributed by atoms with Gasteiger partial charge in [0, 0.05) is 30.7 Å². The summed E-state index contributed by atoms with van der Waals surface area (Å²) in [4.78, 5) is 14.4. The first-order valence-electron chi connectivity index (χ1n) is 8.38. The van der Waals surface area contributed by atoms with Gasteiger partial charge in [-0.05, 0) is 43.4 Å². The molecule has 4 nitrogen and oxygen atoms in total. The average molecular weight is 337 g/mol. The van der Waals surface area contributed by atoms with Crippen molar-refractivity contribution in [2.75, 3.05) is 20.6 Å². The van der Waals surface area contributed by atoms with Crippen molar-refractivity contribution in [2.45, 2.75) is 13.1 Å². The summed E-state index contributed by atoms with van der Waals surface area (Å²) in [5, 5.41) is 3.61. The number of hydrogen-bond donors (Lipinski definition) is 1. The molecule has 0 unspecified atom stereocenters. The maximum absolute atomic E-state index is 13.9. The summed E-state index contributed by atoms with van der Waals surface area (Å²) in [6.45, 7) is 2.09. The third kappa shape index (κ3) is 2.81. The van der Waals surface area contributed by atoms with Gasteiger partial charge in [0.15, 0.2) is 0 Å². The highest BCUT2D eigenvalue weighted by molar-refractivity contribution is 6.07. The van der Waals surface area contributed by atoms with Gasteiger partial charge < -0.3 is 14.8 Å². The number of rotatable bonds is 3. The SMILES string of the molecule is CN(C)Cc1ccc(-c2cc3cc(F)cc4c3n2CCNC4=O)cc1. The van der Waals surface area contributed by atoms with Crippen LogP contribution in [0, 0.1) is 5.82 Å². The fourth-order valence-corrected chi connectivity index (χ4v) is 3.54. The molecular weight excluding hydrogens is 317 g/mol. The Balaban J connectivity index is 1.86. The highest BCUT2D eigenvalue weighted by Crippen LogP contribution is 2.32. The van der Waals surface area contributed by atoms with Crippen LogP contribution in [0.4, 0.5) is 4.39 Å². The van der Waals surface area contributed by atoms with Gasteiger partial charge in [-0.25, -0.2) is 4.39 Å². The molecule has 25 heavy (non-hydrogen) atoms. The Bertz CT molecular complexity index is 957. The average Bonchev–Trinajstić information content (AvgIpc) is 2.83. The van der Waals surface area contributed by atoms with E-state index in [0.29, 0.717) is 18.7 Å². The zero-order chi connectivity index (χ0) is 17.6. The lowest BCUT2D eigenvalue weighted by molar-refractivity contribution is 0.0956. The van der Waals surface area contributed by atoms with Gasteiger partial charge in [-0.2, -0.15) is 0 Å². The quantitative estimate of drug-likeness (QED) is 0.797. The van der Waals surface area contributed by atoms with E-state index in [-0.39, 0.29) is 11.7 Å². The predicted octanol–water partition coefficient (Wildman–Crippen LogP) is 3.25. The van der Waals surface area contributed by atoms with Crippen LogP contribution >= 0.6 is 0 Å². The van der Waals surface area contributed by atoms with Crippen molar-refractivity contribution in [3.05, 3.63) is 59.4 Å². The molecule has 0 saturated heterocycles. The van der Waals surface area contributed by atoms with Crippen molar-refractivity contribution in [3.8, 4) is 11.3 Å². The highest BCUT2D eigenvalue weighted by atomic mass is 19.1. The number of aromatic nitrogens is 1. The standard InChI is InChI=1S/C20H20FN3O/c1-23(2)12-13-3-5-14(6-4-13)18-10-15-9-16(21)11-17-19(15)24(18)8-7-22-20(17)25/h3-6,9-11H,7-8,12H2,1-2H3,(H,22,25). The molecule has 0 saturated carbocycles. The summed E-state index contributed by atoms with van der Waals surface area (Å²) in [7, 11) is 4.09. The lowest BCUT2D eigenvalue weighted by atomic mass is 10.1. The van der Waals surface area contributed by atoms with E-state index >= 15 is 0 Å². The molecule has 1 aromatic heterocycles. The molecule has 1 N–H and O–H groups in total. The van der Waals surface area contributed by atoms with Crippen LogP contribution in [0.1, 0.15) is 15.9 Å². The number of nitrogens with zero attached hydrogens (tertiary/aromatic N) is 2. The Morgan fingerprint density at radius 2 is 1.92 bits per heavy atom. The minimum atomic E-state index is -0.385. The van der Waals surface area contributed by atoms with Gasteiger partial charge >= 0.3 is 0 Å². The molecule has 4 rings (SSSR count). The molecule has 0 radical (unpaired) electrons. The number of carbonyl (C=O) groups is 1. The van der Waals surface area contributed by atoms with E-state index in [9.17, 15) is 9.18 Å². The number of carbonyl (C=O) groups excluding carboxylic acids is 1. The van der Waals surface area contributed by atoms with E-state index in [2.05, 4.69) is 39.0 Å². The van der Waals surface area contributed by atoms with Crippen LogP contribution in [-0.2, 0) is 13.1 Å². The van der Waals surface area contributed by atoms with Crippen LogP contribution in [-0.4, -0.2) is 36.0 Å². The molecule has 1 aliphatic rings. The molecule has 0 spiro atoms. The zero-order valence-electron chi connectivity index (χ0n) is 14.3. The highest BCUT2D eigenvalue weighted by Gasteiger charge is 2.21. The largest absolute Gasteiger partial charge is 0.350 e. The maximum atomic E-state index is 13.9. The minimum Gasteiger partial charge on any atom is -0.350 e. The number of nitrogens with one attached hydrogen (secondary N) is 1. The van der Waals surface area contributed by atoms with Crippen molar-refractivity contribution in [3.63, 3.8) is 0 Å². The van der Waals surface area contributed by atoms with Gasteiger partial charge in [0.25, 0.3) is 5.91 Å². The van der Waals surface area contributed by atoms with E-state index < -0.39 is 0 Å². The molecule has 0 aliphatic carbocycles. The van der Waals surface area contributed by atoms with Crippen molar-refractivity contribution in [2.24, 2.45) is 0 Å². The van der Waals surface area contributed by atoms with Gasteiger partial charge in [0.1, 0.15) is 5.82 Å². The summed E-state index contributed by atoms with van der Waals surface area (Å²) >= 11 is 0. The topological polar surface area (TPSA) is 37.3 Å². The number of hydrogen-bond acceptors (Lipinski definition) is 2. The lowest BCUT2D eigenvalue weighted by Gasteiger charge is -2.12. The van der Waals surface area contributed by atoms with Crippen molar-refractivity contribution >= 4 is 16.8 Å². The van der Waals surface area contributed by atoms with Crippen molar-refractivity contribution in [1.29, 1.82) is 0 Å². The van der Waals surface area contributed by atoms with E-state index in [1.165, 1.54) is 17.7 Å². The molecule has 5 heteroatoms. The summed E-state index contributed by atoms with van der Waals surface area (Å²) in [6, 6.07) is 13.2. The zero-order valence-corrected chi connectivity index (χ0v) is 14.3. The molecule has 1 amide bonds. The van der Waals surface area contributed by atoms with E-state index in [1.807, 2.05) is 20.2 Å². The van der Waals surface area contributed by atoms with Gasteiger partial charge in [-0.1, -0.05) is 24.3 Å².